The molecule has 0 spiro atoms. The van der Waals surface area contributed by atoms with Gasteiger partial charge in [-0.15, -0.1) is 0 Å². The number of carboxylic acids is 1. The van der Waals surface area contributed by atoms with Crippen LogP contribution in [-0.2, 0) is 4.79 Å². The first-order chi connectivity index (χ1) is 4.97. The number of rotatable bonds is 3. The fourth-order valence-electron chi connectivity index (χ4n) is 0.928. The molecule has 2 atom stereocenters. The first-order valence-electron chi connectivity index (χ1n) is 3.40. The average Bonchev–Trinajstić information content (AvgIpc) is 2.66. The van der Waals surface area contributed by atoms with Gasteiger partial charge in [0.25, 0.3) is 0 Å². The van der Waals surface area contributed by atoms with Gasteiger partial charge in [-0.1, -0.05) is 0 Å². The molecule has 5 N–H and O–H groups in total. The van der Waals surface area contributed by atoms with Crippen LogP contribution in [0.2, 0.25) is 0 Å². The van der Waals surface area contributed by atoms with Gasteiger partial charge < -0.3 is 16.6 Å². The molecule has 0 radical (unpaired) electrons. The van der Waals surface area contributed by atoms with E-state index in [-0.39, 0.29) is 0 Å². The molecule has 11 heavy (non-hydrogen) atoms. The third-order valence-corrected chi connectivity index (χ3v) is 2.00. The minimum Gasteiger partial charge on any atom is -0.480 e. The van der Waals surface area contributed by atoms with Crippen LogP contribution in [0.1, 0.15) is 12.8 Å². The van der Waals surface area contributed by atoms with Gasteiger partial charge in [-0.05, 0) is 12.8 Å². The molecule has 0 bridgehead atoms. The van der Waals surface area contributed by atoms with Crippen LogP contribution in [0, 0.1) is 0 Å². The summed E-state index contributed by atoms with van der Waals surface area (Å²) >= 11 is 0. The molecule has 2 unspecified atom stereocenters. The Morgan fingerprint density at radius 2 is 2.00 bits per heavy atom. The van der Waals surface area contributed by atoms with E-state index in [1.807, 2.05) is 0 Å². The molecular formula is C6H11FN2O2. The van der Waals surface area contributed by atoms with Gasteiger partial charge in [0.1, 0.15) is 11.7 Å². The summed E-state index contributed by atoms with van der Waals surface area (Å²) in [6.07, 6.45) is 0.657. The number of hydrogen-bond acceptors (Lipinski definition) is 3. The van der Waals surface area contributed by atoms with Gasteiger partial charge >= 0.3 is 5.97 Å². The van der Waals surface area contributed by atoms with E-state index in [0.717, 1.165) is 0 Å². The molecule has 0 aromatic carbocycles. The average molecular weight is 162 g/mol. The summed E-state index contributed by atoms with van der Waals surface area (Å²) < 4.78 is 13.0. The lowest BCUT2D eigenvalue weighted by Gasteiger charge is -2.18. The first-order valence-corrected chi connectivity index (χ1v) is 3.40. The van der Waals surface area contributed by atoms with Crippen molar-refractivity contribution >= 4 is 5.97 Å². The molecule has 0 aliphatic heterocycles. The van der Waals surface area contributed by atoms with E-state index in [2.05, 4.69) is 0 Å². The molecule has 1 aliphatic carbocycles. The van der Waals surface area contributed by atoms with E-state index in [0.29, 0.717) is 12.8 Å². The Morgan fingerprint density at radius 3 is 2.27 bits per heavy atom. The number of alkyl halides is 1. The third kappa shape index (κ3) is 1.49. The lowest BCUT2D eigenvalue weighted by molar-refractivity contribution is -0.139. The Bertz CT molecular complexity index is 181. The van der Waals surface area contributed by atoms with Gasteiger partial charge in [-0.2, -0.15) is 0 Å². The molecular weight excluding hydrogens is 151 g/mol. The molecule has 1 saturated carbocycles. The summed E-state index contributed by atoms with van der Waals surface area (Å²) in [5.74, 6) is -1.25. The van der Waals surface area contributed by atoms with Crippen molar-refractivity contribution in [2.75, 3.05) is 0 Å². The van der Waals surface area contributed by atoms with Crippen molar-refractivity contribution in [3.05, 3.63) is 0 Å². The lowest BCUT2D eigenvalue weighted by Crippen LogP contribution is -2.53. The first kappa shape index (κ1) is 8.42. The van der Waals surface area contributed by atoms with E-state index >= 15 is 0 Å². The number of hydrogen-bond donors (Lipinski definition) is 3. The number of nitrogens with two attached hydrogens (primary N) is 2. The zero-order chi connectivity index (χ0) is 8.65. The molecule has 0 aromatic heterocycles. The van der Waals surface area contributed by atoms with Gasteiger partial charge in [0.05, 0.1) is 6.04 Å². The Labute approximate surface area is 63.4 Å². The Kier molecular flexibility index (Phi) is 1.85. The zero-order valence-electron chi connectivity index (χ0n) is 5.96. The SMILES string of the molecule is NC(C(=O)O)C(N)C1(F)CC1. The maximum Gasteiger partial charge on any atom is 0.322 e. The van der Waals surface area contributed by atoms with Crippen LogP contribution in [0.5, 0.6) is 0 Å². The predicted molar refractivity (Wildman–Crippen MR) is 36.7 cm³/mol. The van der Waals surface area contributed by atoms with Crippen LogP contribution in [-0.4, -0.2) is 28.8 Å². The molecule has 4 nitrogen and oxygen atoms in total. The van der Waals surface area contributed by atoms with Gasteiger partial charge in [0.15, 0.2) is 0 Å². The Morgan fingerprint density at radius 1 is 1.55 bits per heavy atom. The van der Waals surface area contributed by atoms with Crippen molar-refractivity contribution in [2.45, 2.75) is 30.6 Å². The number of halogens is 1. The Hall–Kier alpha value is -0.680. The molecule has 1 fully saturated rings. The highest BCUT2D eigenvalue weighted by Gasteiger charge is 2.52. The standard InChI is InChI=1S/C6H11FN2O2/c7-6(1-2-6)4(9)3(8)5(10)11/h3-4H,1-2,8-9H2,(H,10,11). The van der Waals surface area contributed by atoms with Crippen LogP contribution >= 0.6 is 0 Å². The molecule has 1 aliphatic rings. The van der Waals surface area contributed by atoms with Crippen LogP contribution in [0.25, 0.3) is 0 Å². The van der Waals surface area contributed by atoms with Crippen molar-refractivity contribution in [3.63, 3.8) is 0 Å². The van der Waals surface area contributed by atoms with E-state index in [1.165, 1.54) is 0 Å². The van der Waals surface area contributed by atoms with Gasteiger partial charge in [-0.3, -0.25) is 4.79 Å². The van der Waals surface area contributed by atoms with E-state index < -0.39 is 23.7 Å². The summed E-state index contributed by atoms with van der Waals surface area (Å²) in [5.41, 5.74) is 8.88. The highest BCUT2D eigenvalue weighted by Crippen LogP contribution is 2.42. The summed E-state index contributed by atoms with van der Waals surface area (Å²) in [5, 5.41) is 8.37. The minimum absolute atomic E-state index is 0.329. The monoisotopic (exact) mass is 162 g/mol. The molecule has 0 aromatic rings. The van der Waals surface area contributed by atoms with Crippen molar-refractivity contribution in [1.82, 2.24) is 0 Å². The molecule has 0 amide bonds. The van der Waals surface area contributed by atoms with Gasteiger partial charge in [0, 0.05) is 0 Å². The Balaban J connectivity index is 2.53. The van der Waals surface area contributed by atoms with Gasteiger partial charge in [0.2, 0.25) is 0 Å². The number of carboxylic acid groups (broad SMARTS) is 1. The normalized spacial score (nSPS) is 25.7. The lowest BCUT2D eigenvalue weighted by atomic mass is 10.0. The summed E-state index contributed by atoms with van der Waals surface area (Å²) in [4.78, 5) is 10.2. The topological polar surface area (TPSA) is 89.3 Å². The van der Waals surface area contributed by atoms with E-state index in [9.17, 15) is 9.18 Å². The molecule has 64 valence electrons. The van der Waals surface area contributed by atoms with Crippen LogP contribution in [0.3, 0.4) is 0 Å². The van der Waals surface area contributed by atoms with Crippen LogP contribution in [0.15, 0.2) is 0 Å². The van der Waals surface area contributed by atoms with Crippen molar-refractivity contribution in [3.8, 4) is 0 Å². The number of carbonyl (C=O) groups is 1. The third-order valence-electron chi connectivity index (χ3n) is 2.00. The van der Waals surface area contributed by atoms with E-state index in [4.69, 9.17) is 16.6 Å². The summed E-state index contributed by atoms with van der Waals surface area (Å²) in [6.45, 7) is 0. The highest BCUT2D eigenvalue weighted by molar-refractivity contribution is 5.74. The van der Waals surface area contributed by atoms with E-state index in [1.54, 1.807) is 0 Å². The molecule has 5 heteroatoms. The fraction of sp³-hybridized carbons (Fsp3) is 0.833. The predicted octanol–water partition coefficient (Wildman–Crippen LogP) is -0.772. The second kappa shape index (κ2) is 2.42. The minimum atomic E-state index is -1.52. The molecule has 0 saturated heterocycles. The van der Waals surface area contributed by atoms with Crippen molar-refractivity contribution < 1.29 is 14.3 Å². The maximum absolute atomic E-state index is 13.0. The molecule has 1 rings (SSSR count). The largest absolute Gasteiger partial charge is 0.480 e. The summed E-state index contributed by atoms with van der Waals surface area (Å²) in [6, 6.07) is -2.36. The van der Waals surface area contributed by atoms with Crippen LogP contribution in [0.4, 0.5) is 4.39 Å². The smallest absolute Gasteiger partial charge is 0.322 e. The highest BCUT2D eigenvalue weighted by atomic mass is 19.1. The fourth-order valence-corrected chi connectivity index (χ4v) is 0.928. The molecule has 0 heterocycles. The number of aliphatic carboxylic acids is 1. The second-order valence-electron chi connectivity index (χ2n) is 2.92. The summed E-state index contributed by atoms with van der Waals surface area (Å²) in [7, 11) is 0. The van der Waals surface area contributed by atoms with Crippen molar-refractivity contribution in [2.24, 2.45) is 11.5 Å². The van der Waals surface area contributed by atoms with Gasteiger partial charge in [-0.25, -0.2) is 4.39 Å². The maximum atomic E-state index is 13.0. The van der Waals surface area contributed by atoms with Crippen LogP contribution < -0.4 is 11.5 Å². The quantitative estimate of drug-likeness (QED) is 0.508. The van der Waals surface area contributed by atoms with Crippen molar-refractivity contribution in [1.29, 1.82) is 0 Å². The second-order valence-corrected chi connectivity index (χ2v) is 2.92. The zero-order valence-corrected chi connectivity index (χ0v) is 5.96.